The van der Waals surface area contributed by atoms with E-state index in [2.05, 4.69) is 10.5 Å². The van der Waals surface area contributed by atoms with Crippen LogP contribution in [0.25, 0.3) is 0 Å². The molecule has 0 bridgehead atoms. The number of rotatable bonds is 11. The topological polar surface area (TPSA) is 136 Å². The van der Waals surface area contributed by atoms with Gasteiger partial charge in [-0.3, -0.25) is 9.10 Å². The molecule has 3 aromatic carbocycles. The molecule has 0 heterocycles. The number of phenols is 1. The van der Waals surface area contributed by atoms with Crippen molar-refractivity contribution in [2.45, 2.75) is 4.90 Å². The van der Waals surface area contributed by atoms with E-state index in [0.29, 0.717) is 5.75 Å². The summed E-state index contributed by atoms with van der Waals surface area (Å²) in [7, 11) is 1.19. The minimum Gasteiger partial charge on any atom is -0.504 e. The molecule has 0 aromatic heterocycles. The molecule has 0 aliphatic rings. The Morgan fingerprint density at radius 3 is 2.26 bits per heavy atom. The van der Waals surface area contributed by atoms with Gasteiger partial charge in [0, 0.05) is 16.7 Å². The third-order valence-corrected chi connectivity index (χ3v) is 7.27. The van der Waals surface area contributed by atoms with Crippen molar-refractivity contribution < 1.29 is 37.3 Å². The summed E-state index contributed by atoms with van der Waals surface area (Å²) < 4.78 is 49.2. The SMILES string of the molecule is COc1ccc(S(=O)(=O)N(CC(=O)N/N=C\c2cccc(OC)c2O)c2cc(Cl)ccc2OC)cc1OC. The normalized spacial score (nSPS) is 11.2. The Kier molecular flexibility index (Phi) is 9.26. The van der Waals surface area contributed by atoms with E-state index in [1.807, 2.05) is 0 Å². The first-order chi connectivity index (χ1) is 18.2. The zero-order valence-corrected chi connectivity index (χ0v) is 22.5. The van der Waals surface area contributed by atoms with Gasteiger partial charge in [0.2, 0.25) is 0 Å². The van der Waals surface area contributed by atoms with Crippen molar-refractivity contribution in [1.29, 1.82) is 0 Å². The molecule has 0 aliphatic carbocycles. The van der Waals surface area contributed by atoms with E-state index < -0.39 is 22.5 Å². The molecule has 2 N–H and O–H groups in total. The summed E-state index contributed by atoms with van der Waals surface area (Å²) >= 11 is 6.16. The van der Waals surface area contributed by atoms with Gasteiger partial charge < -0.3 is 24.1 Å². The number of carbonyl (C=O) groups excluding carboxylic acids is 1. The number of anilines is 1. The third-order valence-electron chi connectivity index (χ3n) is 5.28. The number of sulfonamides is 1. The molecule has 3 rings (SSSR count). The molecule has 3 aromatic rings. The standard InChI is InChI=1S/C25H26ClN3O8S/c1-34-20-10-8-17(26)12-19(20)29(38(32,33)18-9-11-21(35-2)23(13-18)37-4)15-24(30)28-27-14-16-6-5-7-22(36-3)25(16)31/h5-14,31H,15H2,1-4H3,(H,28,30)/b27-14-. The van der Waals surface area contributed by atoms with Gasteiger partial charge in [-0.2, -0.15) is 5.10 Å². The van der Waals surface area contributed by atoms with Crippen LogP contribution in [0.4, 0.5) is 5.69 Å². The summed E-state index contributed by atoms with van der Waals surface area (Å²) in [6.07, 6.45) is 1.20. The quantitative estimate of drug-likeness (QED) is 0.267. The van der Waals surface area contributed by atoms with Gasteiger partial charge >= 0.3 is 0 Å². The number of halogens is 1. The van der Waals surface area contributed by atoms with E-state index in [1.165, 1.54) is 71.1 Å². The van der Waals surface area contributed by atoms with Crippen LogP contribution in [0.3, 0.4) is 0 Å². The highest BCUT2D eigenvalue weighted by Crippen LogP contribution is 2.37. The zero-order chi connectivity index (χ0) is 27.9. The van der Waals surface area contributed by atoms with Crippen molar-refractivity contribution in [1.82, 2.24) is 5.43 Å². The maximum absolute atomic E-state index is 13.8. The number of methoxy groups -OCH3 is 4. The molecule has 202 valence electrons. The van der Waals surface area contributed by atoms with Crippen LogP contribution in [0.15, 0.2) is 64.6 Å². The lowest BCUT2D eigenvalue weighted by Crippen LogP contribution is -2.39. The fourth-order valence-corrected chi connectivity index (χ4v) is 5.02. The average Bonchev–Trinajstić information content (AvgIpc) is 2.92. The Balaban J connectivity index is 1.98. The molecular weight excluding hydrogens is 538 g/mol. The first-order valence-corrected chi connectivity index (χ1v) is 12.7. The monoisotopic (exact) mass is 563 g/mol. The molecule has 0 saturated heterocycles. The second-order valence-electron chi connectivity index (χ2n) is 7.54. The van der Waals surface area contributed by atoms with Crippen molar-refractivity contribution in [2.75, 3.05) is 39.3 Å². The highest BCUT2D eigenvalue weighted by atomic mass is 35.5. The van der Waals surface area contributed by atoms with E-state index >= 15 is 0 Å². The number of para-hydroxylation sites is 1. The van der Waals surface area contributed by atoms with E-state index in [-0.39, 0.29) is 44.2 Å². The lowest BCUT2D eigenvalue weighted by molar-refractivity contribution is -0.119. The fourth-order valence-electron chi connectivity index (χ4n) is 3.41. The number of benzene rings is 3. The number of phenolic OH excluding ortho intramolecular Hbond substituents is 1. The van der Waals surface area contributed by atoms with Crippen LogP contribution in [0.2, 0.25) is 5.02 Å². The average molecular weight is 564 g/mol. The van der Waals surface area contributed by atoms with Gasteiger partial charge in [-0.15, -0.1) is 0 Å². The van der Waals surface area contributed by atoms with E-state index in [4.69, 9.17) is 30.5 Å². The second-order valence-corrected chi connectivity index (χ2v) is 9.83. The summed E-state index contributed by atoms with van der Waals surface area (Å²) in [5.41, 5.74) is 2.57. The summed E-state index contributed by atoms with van der Waals surface area (Å²) in [5.74, 6) is -0.0643. The number of hydrazone groups is 1. The first kappa shape index (κ1) is 28.4. The predicted octanol–water partition coefficient (Wildman–Crippen LogP) is 3.43. The molecule has 11 nitrogen and oxygen atoms in total. The first-order valence-electron chi connectivity index (χ1n) is 10.9. The zero-order valence-electron chi connectivity index (χ0n) is 21.0. The number of hydrogen-bond acceptors (Lipinski definition) is 9. The molecule has 0 unspecified atom stereocenters. The molecule has 13 heteroatoms. The van der Waals surface area contributed by atoms with Crippen LogP contribution in [-0.2, 0) is 14.8 Å². The molecule has 0 atom stereocenters. The molecule has 0 fully saturated rings. The van der Waals surface area contributed by atoms with Crippen molar-refractivity contribution in [2.24, 2.45) is 5.10 Å². The lowest BCUT2D eigenvalue weighted by Gasteiger charge is -2.25. The molecule has 38 heavy (non-hydrogen) atoms. The number of hydrogen-bond donors (Lipinski definition) is 2. The number of aromatic hydroxyl groups is 1. The highest BCUT2D eigenvalue weighted by Gasteiger charge is 2.30. The van der Waals surface area contributed by atoms with Gasteiger partial charge in [-0.05, 0) is 42.5 Å². The molecule has 0 aliphatic heterocycles. The van der Waals surface area contributed by atoms with Crippen molar-refractivity contribution >= 4 is 39.4 Å². The third kappa shape index (κ3) is 6.21. The largest absolute Gasteiger partial charge is 0.504 e. The predicted molar refractivity (Wildman–Crippen MR) is 142 cm³/mol. The minimum absolute atomic E-state index is 0.0272. The molecular formula is C25H26ClN3O8S. The molecule has 1 amide bonds. The Morgan fingerprint density at radius 1 is 0.947 bits per heavy atom. The second kappa shape index (κ2) is 12.4. The summed E-state index contributed by atoms with van der Waals surface area (Å²) in [6.45, 7) is -0.686. The fraction of sp³-hybridized carbons (Fsp3) is 0.200. The number of ether oxygens (including phenoxy) is 4. The van der Waals surface area contributed by atoms with Gasteiger partial charge in [0.15, 0.2) is 23.0 Å². The van der Waals surface area contributed by atoms with Crippen LogP contribution in [0.1, 0.15) is 5.56 Å². The molecule has 0 radical (unpaired) electrons. The summed E-state index contributed by atoms with van der Waals surface area (Å²) in [5, 5.41) is 14.2. The number of amides is 1. The van der Waals surface area contributed by atoms with Crippen molar-refractivity contribution in [3.05, 3.63) is 65.2 Å². The van der Waals surface area contributed by atoms with Crippen LogP contribution in [0.5, 0.6) is 28.7 Å². The van der Waals surface area contributed by atoms with Crippen LogP contribution in [0, 0.1) is 0 Å². The Morgan fingerprint density at radius 2 is 1.61 bits per heavy atom. The van der Waals surface area contributed by atoms with Crippen LogP contribution < -0.4 is 28.7 Å². The van der Waals surface area contributed by atoms with Gasteiger partial charge in [0.25, 0.3) is 15.9 Å². The Hall–Kier alpha value is -4.16. The lowest BCUT2D eigenvalue weighted by atomic mass is 10.2. The Bertz CT molecular complexity index is 1450. The van der Waals surface area contributed by atoms with Crippen molar-refractivity contribution in [3.63, 3.8) is 0 Å². The molecule has 0 spiro atoms. The van der Waals surface area contributed by atoms with Crippen LogP contribution >= 0.6 is 11.6 Å². The number of nitrogens with zero attached hydrogens (tertiary/aromatic N) is 2. The number of nitrogens with one attached hydrogen (secondary N) is 1. The van der Waals surface area contributed by atoms with Gasteiger partial charge in [-0.25, -0.2) is 13.8 Å². The summed E-state index contributed by atoms with van der Waals surface area (Å²) in [6, 6.07) is 13.1. The number of carbonyl (C=O) groups is 1. The highest BCUT2D eigenvalue weighted by molar-refractivity contribution is 7.92. The molecule has 0 saturated carbocycles. The van der Waals surface area contributed by atoms with E-state index in [9.17, 15) is 18.3 Å². The summed E-state index contributed by atoms with van der Waals surface area (Å²) in [4.78, 5) is 12.7. The maximum Gasteiger partial charge on any atom is 0.265 e. The van der Waals surface area contributed by atoms with Gasteiger partial charge in [-0.1, -0.05) is 17.7 Å². The smallest absolute Gasteiger partial charge is 0.265 e. The maximum atomic E-state index is 13.8. The van der Waals surface area contributed by atoms with E-state index in [0.717, 1.165) is 4.31 Å². The van der Waals surface area contributed by atoms with Gasteiger partial charge in [0.1, 0.15) is 12.3 Å². The van der Waals surface area contributed by atoms with Gasteiger partial charge in [0.05, 0.1) is 45.2 Å². The Labute approximate surface area is 225 Å². The van der Waals surface area contributed by atoms with E-state index in [1.54, 1.807) is 18.2 Å². The van der Waals surface area contributed by atoms with Crippen LogP contribution in [-0.4, -0.2) is 60.6 Å². The minimum atomic E-state index is -4.36. The van der Waals surface area contributed by atoms with Crippen molar-refractivity contribution in [3.8, 4) is 28.7 Å².